The zero-order valence-corrected chi connectivity index (χ0v) is 14.6. The lowest BCUT2D eigenvalue weighted by atomic mass is 9.89. The summed E-state index contributed by atoms with van der Waals surface area (Å²) in [6.45, 7) is 2.20. The number of nitrogens with one attached hydrogen (secondary N) is 1. The first-order chi connectivity index (χ1) is 12.6. The van der Waals surface area contributed by atoms with Crippen LogP contribution in [-0.2, 0) is 6.61 Å². The number of ether oxygens (including phenoxy) is 1. The molecule has 0 saturated heterocycles. The predicted molar refractivity (Wildman–Crippen MR) is 98.2 cm³/mol. The maximum absolute atomic E-state index is 12.8. The van der Waals surface area contributed by atoms with Gasteiger partial charge in [-0.1, -0.05) is 36.4 Å². The van der Waals surface area contributed by atoms with Crippen LogP contribution >= 0.6 is 0 Å². The van der Waals surface area contributed by atoms with E-state index >= 15 is 0 Å². The van der Waals surface area contributed by atoms with Crippen molar-refractivity contribution >= 4 is 16.9 Å². The van der Waals surface area contributed by atoms with Crippen LogP contribution in [0.3, 0.4) is 0 Å². The van der Waals surface area contributed by atoms with Crippen LogP contribution in [0.2, 0.25) is 0 Å². The highest BCUT2D eigenvalue weighted by atomic mass is 16.5. The number of fused-ring (bicyclic) bond motifs is 1. The third-order valence-electron chi connectivity index (χ3n) is 4.77. The molecule has 2 aromatic carbocycles. The minimum Gasteiger partial charge on any atom is -0.488 e. The Morgan fingerprint density at radius 2 is 1.96 bits per heavy atom. The number of aliphatic hydroxyl groups excluding tert-OH is 1. The third-order valence-corrected chi connectivity index (χ3v) is 4.77. The van der Waals surface area contributed by atoms with E-state index in [1.54, 1.807) is 6.92 Å². The van der Waals surface area contributed by atoms with E-state index in [9.17, 15) is 9.90 Å². The number of hydrogen-bond acceptors (Lipinski definition) is 4. The monoisotopic (exact) mass is 351 g/mol. The summed E-state index contributed by atoms with van der Waals surface area (Å²) < 4.78 is 11.8. The van der Waals surface area contributed by atoms with Crippen LogP contribution in [0.1, 0.15) is 34.5 Å². The number of rotatable bonds is 5. The highest BCUT2D eigenvalue weighted by Gasteiger charge is 2.30. The summed E-state index contributed by atoms with van der Waals surface area (Å²) >= 11 is 0. The second kappa shape index (κ2) is 6.84. The summed E-state index contributed by atoms with van der Waals surface area (Å²) in [6, 6.07) is 15.4. The molecule has 26 heavy (non-hydrogen) atoms. The molecule has 1 heterocycles. The Morgan fingerprint density at radius 3 is 2.69 bits per heavy atom. The fourth-order valence-electron chi connectivity index (χ4n) is 3.33. The minimum atomic E-state index is -0.313. The molecule has 0 unspecified atom stereocenters. The maximum atomic E-state index is 12.8. The summed E-state index contributed by atoms with van der Waals surface area (Å²) in [5.74, 6) is 1.00. The first-order valence-electron chi connectivity index (χ1n) is 8.79. The number of carbonyl (C=O) groups excluding carboxylic acids is 1. The second-order valence-electron chi connectivity index (χ2n) is 6.73. The molecular weight excluding hydrogens is 330 g/mol. The molecule has 0 spiro atoms. The molecule has 1 saturated carbocycles. The van der Waals surface area contributed by atoms with Gasteiger partial charge in [0.2, 0.25) is 0 Å². The van der Waals surface area contributed by atoms with E-state index in [1.807, 2.05) is 48.5 Å². The molecular formula is C21H21NO4. The number of aryl methyl sites for hydroxylation is 1. The lowest BCUT2D eigenvalue weighted by Gasteiger charge is -2.31. The maximum Gasteiger partial charge on any atom is 0.255 e. The molecule has 134 valence electrons. The van der Waals surface area contributed by atoms with Crippen molar-refractivity contribution in [1.82, 2.24) is 5.32 Å². The highest BCUT2D eigenvalue weighted by molar-refractivity contribution is 6.09. The highest BCUT2D eigenvalue weighted by Crippen LogP contribution is 2.34. The smallest absolute Gasteiger partial charge is 0.255 e. The molecule has 1 fully saturated rings. The predicted octanol–water partition coefficient (Wildman–Crippen LogP) is 3.57. The van der Waals surface area contributed by atoms with Crippen molar-refractivity contribution in [3.05, 3.63) is 65.4 Å². The van der Waals surface area contributed by atoms with Crippen molar-refractivity contribution in [3.63, 3.8) is 0 Å². The molecule has 0 atom stereocenters. The summed E-state index contributed by atoms with van der Waals surface area (Å²) in [6.07, 6.45) is 0.878. The molecule has 3 aromatic rings. The van der Waals surface area contributed by atoms with E-state index in [0.29, 0.717) is 47.5 Å². The molecule has 2 N–H and O–H groups in total. The molecule has 1 aliphatic rings. The van der Waals surface area contributed by atoms with Gasteiger partial charge in [0.15, 0.2) is 0 Å². The second-order valence-corrected chi connectivity index (χ2v) is 6.73. The summed E-state index contributed by atoms with van der Waals surface area (Å²) in [4.78, 5) is 12.8. The fourth-order valence-corrected chi connectivity index (χ4v) is 3.33. The van der Waals surface area contributed by atoms with Crippen LogP contribution in [0, 0.1) is 6.92 Å². The Morgan fingerprint density at radius 1 is 1.19 bits per heavy atom. The Bertz CT molecular complexity index is 926. The summed E-state index contributed by atoms with van der Waals surface area (Å²) in [7, 11) is 0. The van der Waals surface area contributed by atoms with Crippen LogP contribution in [0.4, 0.5) is 0 Å². The zero-order valence-electron chi connectivity index (χ0n) is 14.6. The molecule has 1 aromatic heterocycles. The van der Waals surface area contributed by atoms with Crippen molar-refractivity contribution in [2.75, 3.05) is 0 Å². The number of aliphatic hydroxyl groups is 1. The fraction of sp³-hybridized carbons (Fsp3) is 0.286. The lowest BCUT2D eigenvalue weighted by Crippen LogP contribution is -2.46. The van der Waals surface area contributed by atoms with E-state index in [4.69, 9.17) is 9.15 Å². The van der Waals surface area contributed by atoms with Gasteiger partial charge in [0.1, 0.15) is 23.7 Å². The van der Waals surface area contributed by atoms with Crippen LogP contribution < -0.4 is 10.1 Å². The van der Waals surface area contributed by atoms with Gasteiger partial charge >= 0.3 is 0 Å². The summed E-state index contributed by atoms with van der Waals surface area (Å²) in [5.41, 5.74) is 2.19. The van der Waals surface area contributed by atoms with Gasteiger partial charge in [-0.15, -0.1) is 0 Å². The van der Waals surface area contributed by atoms with E-state index in [1.165, 1.54) is 0 Å². The Balaban J connectivity index is 1.62. The van der Waals surface area contributed by atoms with E-state index < -0.39 is 0 Å². The Kier molecular flexibility index (Phi) is 4.39. The average Bonchev–Trinajstić information content (AvgIpc) is 2.96. The zero-order chi connectivity index (χ0) is 18.1. The number of benzene rings is 2. The first kappa shape index (κ1) is 16.7. The van der Waals surface area contributed by atoms with Crippen LogP contribution in [-0.4, -0.2) is 23.2 Å². The van der Waals surface area contributed by atoms with Gasteiger partial charge in [0, 0.05) is 6.04 Å². The van der Waals surface area contributed by atoms with Gasteiger partial charge in [0.05, 0.1) is 17.1 Å². The molecule has 1 aliphatic carbocycles. The topological polar surface area (TPSA) is 71.7 Å². The third kappa shape index (κ3) is 3.18. The largest absolute Gasteiger partial charge is 0.488 e. The molecule has 0 bridgehead atoms. The molecule has 0 aliphatic heterocycles. The lowest BCUT2D eigenvalue weighted by molar-refractivity contribution is 0.0562. The number of hydrogen-bond donors (Lipinski definition) is 2. The molecule has 1 amide bonds. The Hall–Kier alpha value is -2.79. The van der Waals surface area contributed by atoms with Gasteiger partial charge in [-0.3, -0.25) is 4.79 Å². The normalized spacial score (nSPS) is 19.2. The van der Waals surface area contributed by atoms with Crippen molar-refractivity contribution in [3.8, 4) is 5.75 Å². The standard InChI is InChI=1S/C21H21NO4/c1-13-19(21(24)22-15-10-16(23)11-15)20-17(8-5-9-18(20)26-13)25-12-14-6-3-2-4-7-14/h2-9,15-16,23H,10-12H2,1H3,(H,22,24). The van der Waals surface area contributed by atoms with Crippen LogP contribution in [0.25, 0.3) is 11.0 Å². The summed E-state index contributed by atoms with van der Waals surface area (Å²) in [5, 5.41) is 13.1. The number of carbonyl (C=O) groups is 1. The van der Waals surface area contributed by atoms with E-state index in [-0.39, 0.29) is 18.1 Å². The van der Waals surface area contributed by atoms with Gasteiger partial charge in [-0.25, -0.2) is 0 Å². The van der Waals surface area contributed by atoms with Crippen molar-refractivity contribution < 1.29 is 19.1 Å². The average molecular weight is 351 g/mol. The van der Waals surface area contributed by atoms with Crippen LogP contribution in [0.5, 0.6) is 5.75 Å². The minimum absolute atomic E-state index is 0.0132. The van der Waals surface area contributed by atoms with Gasteiger partial charge in [0.25, 0.3) is 5.91 Å². The van der Waals surface area contributed by atoms with Gasteiger partial charge < -0.3 is 19.6 Å². The van der Waals surface area contributed by atoms with Crippen LogP contribution in [0.15, 0.2) is 52.9 Å². The van der Waals surface area contributed by atoms with Gasteiger partial charge in [-0.2, -0.15) is 0 Å². The quantitative estimate of drug-likeness (QED) is 0.737. The molecule has 5 heteroatoms. The van der Waals surface area contributed by atoms with E-state index in [0.717, 1.165) is 5.56 Å². The SMILES string of the molecule is Cc1oc2cccc(OCc3ccccc3)c2c1C(=O)NC1CC(O)C1. The molecule has 5 nitrogen and oxygen atoms in total. The molecule has 4 rings (SSSR count). The van der Waals surface area contributed by atoms with Crippen molar-refractivity contribution in [2.24, 2.45) is 0 Å². The number of furan rings is 1. The Labute approximate surface area is 151 Å². The first-order valence-corrected chi connectivity index (χ1v) is 8.79. The van der Waals surface area contributed by atoms with Crippen molar-refractivity contribution in [1.29, 1.82) is 0 Å². The van der Waals surface area contributed by atoms with E-state index in [2.05, 4.69) is 5.32 Å². The van der Waals surface area contributed by atoms with Crippen molar-refractivity contribution in [2.45, 2.75) is 38.5 Å². The number of amides is 1. The molecule has 0 radical (unpaired) electrons. The van der Waals surface area contributed by atoms with Gasteiger partial charge in [-0.05, 0) is 37.5 Å².